The van der Waals surface area contributed by atoms with Crippen molar-refractivity contribution in [2.75, 3.05) is 6.61 Å². The highest BCUT2D eigenvalue weighted by Gasteiger charge is 2.18. The molecule has 3 rings (SSSR count). The summed E-state index contributed by atoms with van der Waals surface area (Å²) in [5.74, 6) is 0.502. The van der Waals surface area contributed by atoms with Crippen LogP contribution >= 0.6 is 11.6 Å². The zero-order valence-electron chi connectivity index (χ0n) is 15.0. The van der Waals surface area contributed by atoms with Gasteiger partial charge >= 0.3 is 0 Å². The Kier molecular flexibility index (Phi) is 5.30. The van der Waals surface area contributed by atoms with Gasteiger partial charge in [-0.2, -0.15) is 5.10 Å². The van der Waals surface area contributed by atoms with Crippen molar-refractivity contribution in [3.63, 3.8) is 0 Å². The Hall–Kier alpha value is -2.37. The molecule has 5 nitrogen and oxygen atoms in total. The number of aliphatic hydroxyl groups is 1. The number of carbonyl (C=O) groups excluding carboxylic acids is 1. The van der Waals surface area contributed by atoms with Gasteiger partial charge in [0.15, 0.2) is 5.78 Å². The molecule has 1 aromatic heterocycles. The Labute approximate surface area is 157 Å². The van der Waals surface area contributed by atoms with E-state index >= 15 is 0 Å². The minimum Gasteiger partial charge on any atom is -0.489 e. The fourth-order valence-electron chi connectivity index (χ4n) is 3.15. The number of aromatic nitrogens is 2. The van der Waals surface area contributed by atoms with Crippen molar-refractivity contribution in [2.24, 2.45) is 0 Å². The normalized spacial score (nSPS) is 12.3. The zero-order chi connectivity index (χ0) is 18.8. The molecular formula is C20H21ClN2O3. The summed E-state index contributed by atoms with van der Waals surface area (Å²) in [6.45, 7) is 5.45. The number of carbonyl (C=O) groups is 1. The first-order chi connectivity index (χ1) is 12.4. The molecule has 0 aliphatic heterocycles. The number of halogens is 1. The SMILES string of the molecule is CC(=O)c1c(C)nn(CC(O)COc2ccc3ccccc3c2Cl)c1C. The van der Waals surface area contributed by atoms with Crippen LogP contribution in [0.2, 0.25) is 5.02 Å². The van der Waals surface area contributed by atoms with Crippen molar-refractivity contribution in [1.82, 2.24) is 9.78 Å². The number of ketones is 1. The zero-order valence-corrected chi connectivity index (χ0v) is 15.7. The van der Waals surface area contributed by atoms with Crippen LogP contribution in [0, 0.1) is 13.8 Å². The number of rotatable bonds is 6. The number of Topliss-reactive ketones (excluding diaryl/α,β-unsaturated/α-hetero) is 1. The van der Waals surface area contributed by atoms with Gasteiger partial charge in [-0.3, -0.25) is 9.48 Å². The molecule has 26 heavy (non-hydrogen) atoms. The molecule has 1 atom stereocenters. The highest BCUT2D eigenvalue weighted by Crippen LogP contribution is 2.32. The number of benzene rings is 2. The van der Waals surface area contributed by atoms with Crippen LogP contribution in [-0.4, -0.2) is 33.4 Å². The number of nitrogens with zero attached hydrogens (tertiary/aromatic N) is 2. The van der Waals surface area contributed by atoms with Gasteiger partial charge in [-0.1, -0.05) is 41.9 Å². The molecule has 1 N–H and O–H groups in total. The standard InChI is InChI=1S/C20H21ClN2O3/c1-12-19(14(3)24)13(2)23(22-12)10-16(25)11-26-18-9-8-15-6-4-5-7-17(15)20(18)21/h4-9,16,25H,10-11H2,1-3H3. The van der Waals surface area contributed by atoms with E-state index in [4.69, 9.17) is 16.3 Å². The number of hydrogen-bond donors (Lipinski definition) is 1. The number of ether oxygens (including phenoxy) is 1. The maximum atomic E-state index is 11.7. The number of hydrogen-bond acceptors (Lipinski definition) is 4. The van der Waals surface area contributed by atoms with Crippen molar-refractivity contribution in [1.29, 1.82) is 0 Å². The molecule has 0 saturated carbocycles. The van der Waals surface area contributed by atoms with Gasteiger partial charge in [0.05, 0.1) is 22.8 Å². The summed E-state index contributed by atoms with van der Waals surface area (Å²) < 4.78 is 7.35. The van der Waals surface area contributed by atoms with E-state index in [9.17, 15) is 9.90 Å². The Bertz CT molecular complexity index is 965. The third-order valence-corrected chi connectivity index (χ3v) is 4.77. The molecule has 0 aliphatic carbocycles. The van der Waals surface area contributed by atoms with Crippen LogP contribution in [0.5, 0.6) is 5.75 Å². The summed E-state index contributed by atoms with van der Waals surface area (Å²) in [5, 5.41) is 17.1. The number of aryl methyl sites for hydroxylation is 1. The minimum absolute atomic E-state index is 0.0278. The van der Waals surface area contributed by atoms with E-state index in [1.54, 1.807) is 17.7 Å². The first kappa shape index (κ1) is 18.4. The molecule has 0 fully saturated rings. The third kappa shape index (κ3) is 3.59. The molecule has 1 unspecified atom stereocenters. The summed E-state index contributed by atoms with van der Waals surface area (Å²) in [5.41, 5.74) is 2.02. The van der Waals surface area contributed by atoms with E-state index in [0.29, 0.717) is 22.0 Å². The number of fused-ring (bicyclic) bond motifs is 1. The Morgan fingerprint density at radius 3 is 2.69 bits per heavy atom. The maximum Gasteiger partial charge on any atom is 0.163 e. The molecule has 0 saturated heterocycles. The summed E-state index contributed by atoms with van der Waals surface area (Å²) in [6, 6.07) is 11.5. The highest BCUT2D eigenvalue weighted by molar-refractivity contribution is 6.37. The minimum atomic E-state index is -0.782. The second-order valence-corrected chi connectivity index (χ2v) is 6.73. The van der Waals surface area contributed by atoms with Gasteiger partial charge in [0.1, 0.15) is 18.5 Å². The van der Waals surface area contributed by atoms with Crippen LogP contribution in [0.15, 0.2) is 36.4 Å². The fourth-order valence-corrected chi connectivity index (χ4v) is 3.44. The maximum absolute atomic E-state index is 11.7. The van der Waals surface area contributed by atoms with Gasteiger partial charge in [0.2, 0.25) is 0 Å². The smallest absolute Gasteiger partial charge is 0.163 e. The van der Waals surface area contributed by atoms with E-state index in [-0.39, 0.29) is 18.9 Å². The summed E-state index contributed by atoms with van der Waals surface area (Å²) in [4.78, 5) is 11.7. The van der Waals surface area contributed by atoms with Gasteiger partial charge in [-0.25, -0.2) is 0 Å². The quantitative estimate of drug-likeness (QED) is 0.665. The van der Waals surface area contributed by atoms with Crippen LogP contribution in [0.1, 0.15) is 28.7 Å². The molecule has 0 spiro atoms. The molecule has 3 aromatic rings. The molecule has 0 bridgehead atoms. The van der Waals surface area contributed by atoms with Crippen LogP contribution < -0.4 is 4.74 Å². The fraction of sp³-hybridized carbons (Fsp3) is 0.300. The predicted molar refractivity (Wildman–Crippen MR) is 102 cm³/mol. The lowest BCUT2D eigenvalue weighted by atomic mass is 10.1. The lowest BCUT2D eigenvalue weighted by Crippen LogP contribution is -2.25. The van der Waals surface area contributed by atoms with Crippen molar-refractivity contribution >= 4 is 28.2 Å². The van der Waals surface area contributed by atoms with Crippen LogP contribution in [0.4, 0.5) is 0 Å². The molecular weight excluding hydrogens is 352 g/mol. The van der Waals surface area contributed by atoms with Gasteiger partial charge in [-0.05, 0) is 32.2 Å². The first-order valence-electron chi connectivity index (χ1n) is 8.41. The van der Waals surface area contributed by atoms with Crippen molar-refractivity contribution in [2.45, 2.75) is 33.4 Å². The number of aliphatic hydroxyl groups excluding tert-OH is 1. The summed E-state index contributed by atoms with van der Waals surface area (Å²) in [6.07, 6.45) is -0.782. The van der Waals surface area contributed by atoms with Crippen LogP contribution in [0.3, 0.4) is 0 Å². The predicted octanol–water partition coefficient (Wildman–Crippen LogP) is 3.95. The van der Waals surface area contributed by atoms with E-state index in [2.05, 4.69) is 5.10 Å². The largest absolute Gasteiger partial charge is 0.489 e. The second kappa shape index (κ2) is 7.48. The average Bonchev–Trinajstić information content (AvgIpc) is 2.88. The third-order valence-electron chi connectivity index (χ3n) is 4.38. The summed E-state index contributed by atoms with van der Waals surface area (Å²) >= 11 is 6.41. The molecule has 0 amide bonds. The van der Waals surface area contributed by atoms with Crippen molar-refractivity contribution < 1.29 is 14.6 Å². The van der Waals surface area contributed by atoms with Gasteiger partial charge in [-0.15, -0.1) is 0 Å². The monoisotopic (exact) mass is 372 g/mol. The van der Waals surface area contributed by atoms with Crippen LogP contribution in [-0.2, 0) is 6.54 Å². The Morgan fingerprint density at radius 1 is 1.27 bits per heavy atom. The van der Waals surface area contributed by atoms with Gasteiger partial charge in [0.25, 0.3) is 0 Å². The molecule has 136 valence electrons. The first-order valence-corrected chi connectivity index (χ1v) is 8.79. The lowest BCUT2D eigenvalue weighted by Gasteiger charge is -2.15. The molecule has 0 radical (unpaired) electrons. The van der Waals surface area contributed by atoms with E-state index in [0.717, 1.165) is 16.5 Å². The van der Waals surface area contributed by atoms with Crippen molar-refractivity contribution in [3.8, 4) is 5.75 Å². The van der Waals surface area contributed by atoms with E-state index < -0.39 is 6.10 Å². The summed E-state index contributed by atoms with van der Waals surface area (Å²) in [7, 11) is 0. The highest BCUT2D eigenvalue weighted by atomic mass is 35.5. The second-order valence-electron chi connectivity index (χ2n) is 6.35. The molecule has 0 aliphatic rings. The lowest BCUT2D eigenvalue weighted by molar-refractivity contribution is 0.0886. The van der Waals surface area contributed by atoms with E-state index in [1.165, 1.54) is 6.92 Å². The van der Waals surface area contributed by atoms with Gasteiger partial charge < -0.3 is 9.84 Å². The Morgan fingerprint density at radius 2 is 2.00 bits per heavy atom. The Balaban J connectivity index is 1.70. The van der Waals surface area contributed by atoms with Crippen LogP contribution in [0.25, 0.3) is 10.8 Å². The average molecular weight is 373 g/mol. The van der Waals surface area contributed by atoms with Crippen molar-refractivity contribution in [3.05, 3.63) is 58.4 Å². The molecule has 1 heterocycles. The topological polar surface area (TPSA) is 64.4 Å². The molecule has 6 heteroatoms. The van der Waals surface area contributed by atoms with E-state index in [1.807, 2.05) is 37.3 Å². The molecule has 2 aromatic carbocycles. The van der Waals surface area contributed by atoms with Gasteiger partial charge in [0, 0.05) is 11.1 Å².